The van der Waals surface area contributed by atoms with Gasteiger partial charge in [-0.05, 0) is 25.5 Å². The van der Waals surface area contributed by atoms with Crippen molar-refractivity contribution in [3.63, 3.8) is 0 Å². The normalized spacial score (nSPS) is 16.5. The van der Waals surface area contributed by atoms with Crippen molar-refractivity contribution in [2.24, 2.45) is 5.92 Å². The summed E-state index contributed by atoms with van der Waals surface area (Å²) in [6.45, 7) is 3.46. The van der Waals surface area contributed by atoms with Crippen LogP contribution >= 0.6 is 22.7 Å². The molecule has 1 aliphatic rings. The summed E-state index contributed by atoms with van der Waals surface area (Å²) in [6, 6.07) is 6.17. The molecule has 4 heterocycles. The molecular weight excluding hydrogens is 406 g/mol. The van der Waals surface area contributed by atoms with Gasteiger partial charge in [0.2, 0.25) is 5.91 Å². The van der Waals surface area contributed by atoms with E-state index in [9.17, 15) is 4.79 Å². The number of aromatic amines is 1. The van der Waals surface area contributed by atoms with Gasteiger partial charge < -0.3 is 15.0 Å². The molecule has 0 spiro atoms. The van der Waals surface area contributed by atoms with Gasteiger partial charge in [0.1, 0.15) is 16.5 Å². The summed E-state index contributed by atoms with van der Waals surface area (Å²) in [5.74, 6) is 0.650. The smallest absolute Gasteiger partial charge is 0.225 e. The van der Waals surface area contributed by atoms with Crippen molar-refractivity contribution in [3.05, 3.63) is 40.6 Å². The van der Waals surface area contributed by atoms with Crippen molar-refractivity contribution in [2.45, 2.75) is 19.9 Å². The minimum Gasteiger partial charge on any atom is -0.381 e. The monoisotopic (exact) mass is 425 g/mol. The first-order chi connectivity index (χ1) is 14.2. The summed E-state index contributed by atoms with van der Waals surface area (Å²) < 4.78 is 6.42. The number of amides is 1. The summed E-state index contributed by atoms with van der Waals surface area (Å²) in [5.41, 5.74) is 6.53. The van der Waals surface area contributed by atoms with E-state index in [-0.39, 0.29) is 11.8 Å². The van der Waals surface area contributed by atoms with Gasteiger partial charge in [0.05, 0.1) is 40.5 Å². The van der Waals surface area contributed by atoms with E-state index in [2.05, 4.69) is 26.3 Å². The lowest BCUT2D eigenvalue weighted by Gasteiger charge is -2.07. The first-order valence-electron chi connectivity index (χ1n) is 9.38. The Balaban J connectivity index is 1.47. The molecule has 7 nitrogen and oxygen atoms in total. The number of rotatable bonds is 5. The number of hydrogen-bond donors (Lipinski definition) is 2. The highest BCUT2D eigenvalue weighted by Gasteiger charge is 2.24. The Morgan fingerprint density at radius 1 is 1.34 bits per heavy atom. The standard InChI is InChI=1S/C20H19N5O2S2/c1-11-9-28-20(23-11)18-17(12-2-3-14-15(6-12)29-10-22-14)24-16(25-18)7-21-19(26)13-4-5-27-8-13/h2-3,6,9-10,13H,4-5,7-8H2,1H3,(H,21,26)(H,24,25). The maximum Gasteiger partial charge on any atom is 0.225 e. The van der Waals surface area contributed by atoms with Crippen LogP contribution in [0, 0.1) is 12.8 Å². The zero-order valence-corrected chi connectivity index (χ0v) is 17.4. The number of H-pyrrole nitrogens is 1. The van der Waals surface area contributed by atoms with Crippen LogP contribution in [0.25, 0.3) is 32.2 Å². The molecule has 29 heavy (non-hydrogen) atoms. The molecule has 9 heteroatoms. The van der Waals surface area contributed by atoms with Crippen LogP contribution in [0.15, 0.2) is 29.1 Å². The van der Waals surface area contributed by atoms with Crippen molar-refractivity contribution < 1.29 is 9.53 Å². The van der Waals surface area contributed by atoms with Crippen molar-refractivity contribution >= 4 is 38.8 Å². The van der Waals surface area contributed by atoms with Crippen LogP contribution in [0.2, 0.25) is 0 Å². The lowest BCUT2D eigenvalue weighted by atomic mass is 10.1. The minimum absolute atomic E-state index is 0.0122. The SMILES string of the molecule is Cc1csc(-c2nc(CNC(=O)C3CCOC3)[nH]c2-c2ccc3ncsc3c2)n1. The van der Waals surface area contributed by atoms with E-state index >= 15 is 0 Å². The molecule has 1 aliphatic heterocycles. The summed E-state index contributed by atoms with van der Waals surface area (Å²) in [7, 11) is 0. The van der Waals surface area contributed by atoms with Gasteiger partial charge in [0, 0.05) is 23.2 Å². The van der Waals surface area contributed by atoms with Gasteiger partial charge in [-0.1, -0.05) is 6.07 Å². The summed E-state index contributed by atoms with van der Waals surface area (Å²) >= 11 is 3.18. The van der Waals surface area contributed by atoms with Crippen LogP contribution in [0.5, 0.6) is 0 Å². The van der Waals surface area contributed by atoms with Gasteiger partial charge in [-0.3, -0.25) is 4.79 Å². The van der Waals surface area contributed by atoms with E-state index in [0.29, 0.717) is 25.6 Å². The molecule has 148 valence electrons. The van der Waals surface area contributed by atoms with E-state index in [1.165, 1.54) is 0 Å². The third-order valence-corrected chi connectivity index (χ3v) is 6.68. The highest BCUT2D eigenvalue weighted by molar-refractivity contribution is 7.16. The van der Waals surface area contributed by atoms with E-state index in [4.69, 9.17) is 9.72 Å². The molecule has 0 saturated carbocycles. The number of aryl methyl sites for hydroxylation is 1. The molecule has 0 bridgehead atoms. The van der Waals surface area contributed by atoms with Crippen LogP contribution in [-0.2, 0) is 16.1 Å². The third-order valence-electron chi connectivity index (χ3n) is 4.92. The average molecular weight is 426 g/mol. The number of fused-ring (bicyclic) bond motifs is 1. The first-order valence-corrected chi connectivity index (χ1v) is 11.1. The number of benzene rings is 1. The summed E-state index contributed by atoms with van der Waals surface area (Å²) in [4.78, 5) is 29.5. The Morgan fingerprint density at radius 2 is 2.28 bits per heavy atom. The first kappa shape index (κ1) is 18.4. The van der Waals surface area contributed by atoms with Gasteiger partial charge in [0.25, 0.3) is 0 Å². The Bertz CT molecular complexity index is 1170. The van der Waals surface area contributed by atoms with Crippen LogP contribution in [0.1, 0.15) is 17.9 Å². The fraction of sp³-hybridized carbons (Fsp3) is 0.300. The quantitative estimate of drug-likeness (QED) is 0.508. The lowest BCUT2D eigenvalue weighted by molar-refractivity contribution is -0.125. The van der Waals surface area contributed by atoms with Gasteiger partial charge in [-0.2, -0.15) is 0 Å². The molecule has 1 atom stereocenters. The molecule has 1 aromatic carbocycles. The van der Waals surface area contributed by atoms with Gasteiger partial charge >= 0.3 is 0 Å². The van der Waals surface area contributed by atoms with Crippen LogP contribution in [0.3, 0.4) is 0 Å². The van der Waals surface area contributed by atoms with Crippen LogP contribution in [-0.4, -0.2) is 39.1 Å². The number of carbonyl (C=O) groups excluding carboxylic acids is 1. The fourth-order valence-electron chi connectivity index (χ4n) is 3.40. The minimum atomic E-state index is -0.0701. The number of ether oxygens (including phenoxy) is 1. The topological polar surface area (TPSA) is 92.8 Å². The van der Waals surface area contributed by atoms with E-state index in [1.807, 2.05) is 29.9 Å². The van der Waals surface area contributed by atoms with Crippen LogP contribution in [0.4, 0.5) is 0 Å². The number of nitrogens with one attached hydrogen (secondary N) is 2. The molecule has 2 N–H and O–H groups in total. The Labute approximate surface area is 175 Å². The second-order valence-electron chi connectivity index (χ2n) is 7.01. The number of nitrogens with zero attached hydrogens (tertiary/aromatic N) is 3. The van der Waals surface area contributed by atoms with Gasteiger partial charge in [-0.15, -0.1) is 22.7 Å². The molecule has 1 saturated heterocycles. The Hall–Kier alpha value is -2.62. The molecule has 0 aliphatic carbocycles. The zero-order valence-electron chi connectivity index (χ0n) is 15.8. The predicted octanol–water partition coefficient (Wildman–Crippen LogP) is 3.77. The summed E-state index contributed by atoms with van der Waals surface area (Å²) in [6.07, 6.45) is 0.772. The molecule has 1 fully saturated rings. The fourth-order valence-corrected chi connectivity index (χ4v) is 4.91. The highest BCUT2D eigenvalue weighted by Crippen LogP contribution is 2.34. The molecule has 4 aromatic rings. The number of thiazole rings is 2. The second-order valence-corrected chi connectivity index (χ2v) is 8.76. The third kappa shape index (κ3) is 3.68. The highest BCUT2D eigenvalue weighted by atomic mass is 32.1. The van der Waals surface area contributed by atoms with E-state index in [0.717, 1.165) is 44.3 Å². The van der Waals surface area contributed by atoms with Gasteiger partial charge in [-0.25, -0.2) is 15.0 Å². The van der Waals surface area contributed by atoms with Gasteiger partial charge in [0.15, 0.2) is 0 Å². The maximum atomic E-state index is 12.3. The van der Waals surface area contributed by atoms with Crippen molar-refractivity contribution in [2.75, 3.05) is 13.2 Å². The Kier molecular flexibility index (Phi) is 4.86. The van der Waals surface area contributed by atoms with Crippen molar-refractivity contribution in [1.29, 1.82) is 0 Å². The van der Waals surface area contributed by atoms with E-state index in [1.54, 1.807) is 22.7 Å². The number of aromatic nitrogens is 4. The molecular formula is C20H19N5O2S2. The molecule has 1 amide bonds. The lowest BCUT2D eigenvalue weighted by Crippen LogP contribution is -2.30. The van der Waals surface area contributed by atoms with Crippen molar-refractivity contribution in [1.82, 2.24) is 25.3 Å². The number of imidazole rings is 1. The largest absolute Gasteiger partial charge is 0.381 e. The number of carbonyl (C=O) groups is 1. The predicted molar refractivity (Wildman–Crippen MR) is 114 cm³/mol. The zero-order chi connectivity index (χ0) is 19.8. The summed E-state index contributed by atoms with van der Waals surface area (Å²) in [5, 5.41) is 5.85. The average Bonchev–Trinajstić information content (AvgIpc) is 3.52. The number of hydrogen-bond acceptors (Lipinski definition) is 7. The van der Waals surface area contributed by atoms with Crippen molar-refractivity contribution in [3.8, 4) is 22.0 Å². The molecule has 3 aromatic heterocycles. The Morgan fingerprint density at radius 3 is 3.07 bits per heavy atom. The maximum absolute atomic E-state index is 12.3. The van der Waals surface area contributed by atoms with E-state index < -0.39 is 0 Å². The molecule has 5 rings (SSSR count). The second kappa shape index (κ2) is 7.66. The molecule has 1 unspecified atom stereocenters. The van der Waals surface area contributed by atoms with Crippen LogP contribution < -0.4 is 5.32 Å². The molecule has 0 radical (unpaired) electrons.